The minimum absolute atomic E-state index is 0.0271. The fraction of sp³-hybridized carbons (Fsp3) is 0.125. The normalized spacial score (nSPS) is 9.92. The van der Waals surface area contributed by atoms with Gasteiger partial charge < -0.3 is 5.73 Å². The molecule has 0 bridgehead atoms. The fourth-order valence-electron chi connectivity index (χ4n) is 0.821. The molecule has 2 nitrogen and oxygen atoms in total. The smallest absolute Gasteiger partial charge is 0.177 e. The van der Waals surface area contributed by atoms with E-state index in [1.165, 1.54) is 0 Å². The van der Waals surface area contributed by atoms with Crippen LogP contribution in [0.2, 0.25) is 0 Å². The Bertz CT molecular complexity index is 314. The van der Waals surface area contributed by atoms with Crippen LogP contribution in [0, 0.1) is 3.57 Å². The van der Waals surface area contributed by atoms with Gasteiger partial charge in [-0.25, -0.2) is 0 Å². The van der Waals surface area contributed by atoms with Gasteiger partial charge in [-0.3, -0.25) is 4.79 Å². The van der Waals surface area contributed by atoms with Gasteiger partial charge in [-0.1, -0.05) is 15.9 Å². The lowest BCUT2D eigenvalue weighted by molar-refractivity contribution is 0.100. The number of rotatable bonds is 2. The van der Waals surface area contributed by atoms with Crippen LogP contribution in [-0.4, -0.2) is 12.3 Å². The van der Waals surface area contributed by atoms with Crippen LogP contribution in [0.4, 0.5) is 0 Å². The molecule has 0 amide bonds. The van der Waals surface area contributed by atoms with Crippen molar-refractivity contribution in [2.45, 2.75) is 0 Å². The zero-order chi connectivity index (χ0) is 9.14. The second-order valence-corrected chi connectivity index (χ2v) is 4.33. The highest BCUT2D eigenvalue weighted by Gasteiger charge is 2.07. The molecule has 1 rings (SSSR count). The van der Waals surface area contributed by atoms with Crippen LogP contribution in [0.15, 0.2) is 22.7 Å². The zero-order valence-corrected chi connectivity index (χ0v) is 9.92. The maximum atomic E-state index is 11.2. The quantitative estimate of drug-likeness (QED) is 0.663. The number of halogens is 2. The third kappa shape index (κ3) is 2.27. The maximum Gasteiger partial charge on any atom is 0.177 e. The van der Waals surface area contributed by atoms with E-state index in [1.54, 1.807) is 6.07 Å². The van der Waals surface area contributed by atoms with Crippen molar-refractivity contribution < 1.29 is 4.79 Å². The molecule has 2 N–H and O–H groups in total. The SMILES string of the molecule is NCC(=O)c1cc(Br)ccc1I. The van der Waals surface area contributed by atoms with Gasteiger partial charge in [0.15, 0.2) is 5.78 Å². The van der Waals surface area contributed by atoms with Gasteiger partial charge in [0.05, 0.1) is 6.54 Å². The summed E-state index contributed by atoms with van der Waals surface area (Å²) in [5.74, 6) is -0.0271. The highest BCUT2D eigenvalue weighted by molar-refractivity contribution is 14.1. The molecule has 0 saturated carbocycles. The Balaban J connectivity index is 3.13. The van der Waals surface area contributed by atoms with E-state index in [4.69, 9.17) is 5.73 Å². The number of carbonyl (C=O) groups is 1. The largest absolute Gasteiger partial charge is 0.324 e. The molecule has 0 aliphatic heterocycles. The number of ketones is 1. The van der Waals surface area contributed by atoms with Gasteiger partial charge in [0, 0.05) is 13.6 Å². The molecule has 0 saturated heterocycles. The van der Waals surface area contributed by atoms with Crippen molar-refractivity contribution in [3.63, 3.8) is 0 Å². The Morgan fingerprint density at radius 1 is 1.58 bits per heavy atom. The molecule has 0 spiro atoms. The zero-order valence-electron chi connectivity index (χ0n) is 6.18. The average Bonchev–Trinajstić information content (AvgIpc) is 2.08. The summed E-state index contributed by atoms with van der Waals surface area (Å²) >= 11 is 5.42. The molecular weight excluding hydrogens is 333 g/mol. The molecule has 4 heteroatoms. The standard InChI is InChI=1S/C8H7BrINO/c9-5-1-2-7(10)6(3-5)8(12)4-11/h1-3H,4,11H2. The van der Waals surface area contributed by atoms with Crippen molar-refractivity contribution in [3.8, 4) is 0 Å². The molecule has 0 aliphatic carbocycles. The topological polar surface area (TPSA) is 43.1 Å². The lowest BCUT2D eigenvalue weighted by atomic mass is 10.1. The lowest BCUT2D eigenvalue weighted by Crippen LogP contribution is -2.14. The van der Waals surface area contributed by atoms with Gasteiger partial charge >= 0.3 is 0 Å². The van der Waals surface area contributed by atoms with Crippen molar-refractivity contribution in [2.75, 3.05) is 6.54 Å². The van der Waals surface area contributed by atoms with Crippen molar-refractivity contribution in [3.05, 3.63) is 31.8 Å². The molecule has 0 radical (unpaired) electrons. The predicted octanol–water partition coefficient (Wildman–Crippen LogP) is 2.20. The van der Waals surface area contributed by atoms with Crippen LogP contribution in [-0.2, 0) is 0 Å². The summed E-state index contributed by atoms with van der Waals surface area (Å²) in [6.45, 7) is 0.0620. The number of Topliss-reactive ketones (excluding diaryl/α,β-unsaturated/α-hetero) is 1. The Morgan fingerprint density at radius 2 is 2.25 bits per heavy atom. The molecule has 1 aromatic carbocycles. The molecule has 0 fully saturated rings. The first-order valence-electron chi connectivity index (χ1n) is 3.33. The second kappa shape index (κ2) is 4.34. The molecule has 0 heterocycles. The molecule has 0 aromatic heterocycles. The minimum Gasteiger partial charge on any atom is -0.324 e. The van der Waals surface area contributed by atoms with Gasteiger partial charge in [-0.05, 0) is 40.8 Å². The lowest BCUT2D eigenvalue weighted by Gasteiger charge is -2.01. The van der Waals surface area contributed by atoms with Crippen molar-refractivity contribution in [2.24, 2.45) is 5.73 Å². The fourth-order valence-corrected chi connectivity index (χ4v) is 1.82. The molecule has 64 valence electrons. The first-order chi connectivity index (χ1) is 5.65. The third-order valence-corrected chi connectivity index (χ3v) is 2.85. The van der Waals surface area contributed by atoms with Crippen LogP contribution >= 0.6 is 38.5 Å². The van der Waals surface area contributed by atoms with E-state index in [2.05, 4.69) is 38.5 Å². The highest BCUT2D eigenvalue weighted by Crippen LogP contribution is 2.18. The van der Waals surface area contributed by atoms with Crippen molar-refractivity contribution in [1.82, 2.24) is 0 Å². The number of carbonyl (C=O) groups excluding carboxylic acids is 1. The maximum absolute atomic E-state index is 11.2. The summed E-state index contributed by atoms with van der Waals surface area (Å²) in [6, 6.07) is 5.57. The molecule has 1 aromatic rings. The third-order valence-electron chi connectivity index (χ3n) is 1.41. The molecule has 0 aliphatic rings. The van der Waals surface area contributed by atoms with Gasteiger partial charge in [0.1, 0.15) is 0 Å². The number of hydrogen-bond acceptors (Lipinski definition) is 2. The first-order valence-corrected chi connectivity index (χ1v) is 5.20. The minimum atomic E-state index is -0.0271. The van der Waals surface area contributed by atoms with E-state index in [0.717, 1.165) is 8.04 Å². The first kappa shape index (κ1) is 10.1. The average molecular weight is 340 g/mol. The van der Waals surface area contributed by atoms with E-state index >= 15 is 0 Å². The number of hydrogen-bond donors (Lipinski definition) is 1. The van der Waals surface area contributed by atoms with Gasteiger partial charge in [0.2, 0.25) is 0 Å². The summed E-state index contributed by atoms with van der Waals surface area (Å²) in [6.07, 6.45) is 0. The van der Waals surface area contributed by atoms with Crippen LogP contribution in [0.25, 0.3) is 0 Å². The van der Waals surface area contributed by atoms with Crippen molar-refractivity contribution >= 4 is 44.3 Å². The van der Waals surface area contributed by atoms with E-state index < -0.39 is 0 Å². The summed E-state index contributed by atoms with van der Waals surface area (Å²) in [7, 11) is 0. The van der Waals surface area contributed by atoms with Gasteiger partial charge in [-0.15, -0.1) is 0 Å². The van der Waals surface area contributed by atoms with E-state index in [9.17, 15) is 4.79 Å². The number of benzene rings is 1. The Morgan fingerprint density at radius 3 is 2.83 bits per heavy atom. The van der Waals surface area contributed by atoms with Crippen molar-refractivity contribution in [1.29, 1.82) is 0 Å². The molecule has 0 unspecified atom stereocenters. The summed E-state index contributed by atoms with van der Waals surface area (Å²) < 4.78 is 1.84. The molecular formula is C8H7BrINO. The van der Waals surface area contributed by atoms with Crippen LogP contribution in [0.3, 0.4) is 0 Å². The second-order valence-electron chi connectivity index (χ2n) is 2.25. The Labute approximate surface area is 92.8 Å². The summed E-state index contributed by atoms with van der Waals surface area (Å²) in [5.41, 5.74) is 5.94. The summed E-state index contributed by atoms with van der Waals surface area (Å²) in [5, 5.41) is 0. The Kier molecular flexibility index (Phi) is 3.67. The molecule has 12 heavy (non-hydrogen) atoms. The number of nitrogens with two attached hydrogens (primary N) is 1. The monoisotopic (exact) mass is 339 g/mol. The van der Waals surface area contributed by atoms with E-state index in [-0.39, 0.29) is 12.3 Å². The van der Waals surface area contributed by atoms with Crippen LogP contribution in [0.5, 0.6) is 0 Å². The van der Waals surface area contributed by atoms with E-state index in [0.29, 0.717) is 5.56 Å². The van der Waals surface area contributed by atoms with Gasteiger partial charge in [0.25, 0.3) is 0 Å². The Hall–Kier alpha value is 0.0600. The van der Waals surface area contributed by atoms with E-state index in [1.807, 2.05) is 12.1 Å². The highest BCUT2D eigenvalue weighted by atomic mass is 127. The van der Waals surface area contributed by atoms with Gasteiger partial charge in [-0.2, -0.15) is 0 Å². The predicted molar refractivity (Wildman–Crippen MR) is 60.2 cm³/mol. The van der Waals surface area contributed by atoms with Crippen LogP contribution < -0.4 is 5.73 Å². The van der Waals surface area contributed by atoms with Crippen LogP contribution in [0.1, 0.15) is 10.4 Å². The molecule has 0 atom stereocenters. The summed E-state index contributed by atoms with van der Waals surface area (Å²) in [4.78, 5) is 11.2.